The number of hydrogen-bond donors (Lipinski definition) is 0. The number of Topliss-reactive ketones (excluding diaryl/α,β-unsaturated/α-hetero) is 1. The molecule has 0 amide bonds. The van der Waals surface area contributed by atoms with Crippen LogP contribution in [-0.2, 0) is 6.54 Å². The van der Waals surface area contributed by atoms with Gasteiger partial charge in [0.15, 0.2) is 10.9 Å². The minimum Gasteiger partial charge on any atom is -0.348 e. The monoisotopic (exact) mass is 357 g/mol. The summed E-state index contributed by atoms with van der Waals surface area (Å²) in [6.45, 7) is 11.1. The Morgan fingerprint density at radius 1 is 1.12 bits per heavy atom. The van der Waals surface area contributed by atoms with Crippen molar-refractivity contribution in [3.8, 4) is 0 Å². The topological polar surface area (TPSA) is 65.1 Å². The normalized spacial score (nSPS) is 11.4. The number of rotatable bonds is 6. The number of hydrogen-bond acceptors (Lipinski definition) is 5. The second kappa shape index (κ2) is 7.00. The Morgan fingerprint density at radius 3 is 2.60 bits per heavy atom. The van der Waals surface area contributed by atoms with Crippen molar-refractivity contribution in [3.63, 3.8) is 0 Å². The van der Waals surface area contributed by atoms with Gasteiger partial charge in [0.25, 0.3) is 5.78 Å². The van der Waals surface area contributed by atoms with Crippen LogP contribution < -0.4 is 0 Å². The molecule has 7 heteroatoms. The van der Waals surface area contributed by atoms with E-state index in [1.165, 1.54) is 11.8 Å². The smallest absolute Gasteiger partial charge is 0.256 e. The van der Waals surface area contributed by atoms with Gasteiger partial charge in [-0.25, -0.2) is 4.98 Å². The number of carbonyl (C=O) groups excluding carboxylic acids is 1. The summed E-state index contributed by atoms with van der Waals surface area (Å²) in [7, 11) is 0. The van der Waals surface area contributed by atoms with Gasteiger partial charge in [-0.1, -0.05) is 18.7 Å². The molecule has 3 heterocycles. The van der Waals surface area contributed by atoms with Gasteiger partial charge >= 0.3 is 0 Å². The molecular formula is C18H23N5OS. The van der Waals surface area contributed by atoms with E-state index in [1.807, 2.05) is 37.3 Å². The maximum absolute atomic E-state index is 12.7. The highest BCUT2D eigenvalue weighted by Gasteiger charge is 2.17. The minimum absolute atomic E-state index is 0.120. The molecule has 0 saturated heterocycles. The Hall–Kier alpha value is -2.15. The molecule has 0 bridgehead atoms. The maximum Gasteiger partial charge on any atom is 0.256 e. The van der Waals surface area contributed by atoms with Gasteiger partial charge in [0.2, 0.25) is 0 Å². The molecule has 0 atom stereocenters. The molecule has 0 aliphatic carbocycles. The Bertz CT molecular complexity index is 941. The van der Waals surface area contributed by atoms with Crippen molar-refractivity contribution >= 4 is 23.3 Å². The SMILES string of the molecule is CCCn1c(C)cc(C(=O)CSc2nnc3nc(C)cc(C)n23)c1C. The largest absolute Gasteiger partial charge is 0.348 e. The third-order valence-electron chi connectivity index (χ3n) is 4.32. The van der Waals surface area contributed by atoms with Gasteiger partial charge in [0, 0.05) is 34.9 Å². The molecule has 132 valence electrons. The zero-order valence-corrected chi connectivity index (χ0v) is 16.1. The summed E-state index contributed by atoms with van der Waals surface area (Å²) in [5.74, 6) is 1.04. The summed E-state index contributed by atoms with van der Waals surface area (Å²) in [4.78, 5) is 17.1. The highest BCUT2D eigenvalue weighted by molar-refractivity contribution is 7.99. The number of carbonyl (C=O) groups is 1. The van der Waals surface area contributed by atoms with Gasteiger partial charge < -0.3 is 4.57 Å². The summed E-state index contributed by atoms with van der Waals surface area (Å²) in [6.07, 6.45) is 1.05. The van der Waals surface area contributed by atoms with Crippen LogP contribution in [0.15, 0.2) is 17.3 Å². The van der Waals surface area contributed by atoms with Crippen molar-refractivity contribution in [2.45, 2.75) is 52.7 Å². The van der Waals surface area contributed by atoms with Crippen LogP contribution in [0.1, 0.15) is 46.5 Å². The average molecular weight is 357 g/mol. The lowest BCUT2D eigenvalue weighted by Gasteiger charge is -2.07. The molecule has 0 aliphatic rings. The Labute approximate surface area is 151 Å². The number of aryl methyl sites for hydroxylation is 3. The van der Waals surface area contributed by atoms with Crippen LogP contribution in [0.5, 0.6) is 0 Å². The summed E-state index contributed by atoms with van der Waals surface area (Å²) in [5.41, 5.74) is 4.91. The molecule has 0 N–H and O–H groups in total. The fourth-order valence-corrected chi connectivity index (χ4v) is 4.02. The Balaban J connectivity index is 1.81. The first-order valence-corrected chi connectivity index (χ1v) is 9.43. The molecule has 6 nitrogen and oxygen atoms in total. The highest BCUT2D eigenvalue weighted by atomic mass is 32.2. The van der Waals surface area contributed by atoms with Crippen molar-refractivity contribution in [3.05, 3.63) is 40.5 Å². The van der Waals surface area contributed by atoms with E-state index in [0.717, 1.165) is 41.3 Å². The molecule has 0 saturated carbocycles. The van der Waals surface area contributed by atoms with Crippen LogP contribution in [0.25, 0.3) is 5.78 Å². The zero-order valence-electron chi connectivity index (χ0n) is 15.3. The van der Waals surface area contributed by atoms with Crippen molar-refractivity contribution in [2.75, 3.05) is 5.75 Å². The number of thioether (sulfide) groups is 1. The first kappa shape index (κ1) is 17.7. The molecule has 25 heavy (non-hydrogen) atoms. The summed E-state index contributed by atoms with van der Waals surface area (Å²) in [5, 5.41) is 9.01. The van der Waals surface area contributed by atoms with Crippen LogP contribution in [0.3, 0.4) is 0 Å². The molecule has 0 radical (unpaired) electrons. The zero-order chi connectivity index (χ0) is 18.1. The van der Waals surface area contributed by atoms with Crippen molar-refractivity contribution < 1.29 is 4.79 Å². The predicted molar refractivity (Wildman–Crippen MR) is 99.5 cm³/mol. The van der Waals surface area contributed by atoms with Crippen LogP contribution in [0.2, 0.25) is 0 Å². The molecule has 3 aromatic rings. The number of nitrogens with zero attached hydrogens (tertiary/aromatic N) is 5. The van der Waals surface area contributed by atoms with Crippen LogP contribution in [-0.4, -0.2) is 35.7 Å². The van der Waals surface area contributed by atoms with E-state index < -0.39 is 0 Å². The average Bonchev–Trinajstić information content (AvgIpc) is 3.08. The first-order chi connectivity index (χ1) is 11.9. The van der Waals surface area contributed by atoms with E-state index in [-0.39, 0.29) is 5.78 Å². The number of aromatic nitrogens is 5. The first-order valence-electron chi connectivity index (χ1n) is 8.44. The molecule has 0 spiro atoms. The number of ketones is 1. The molecule has 3 rings (SSSR count). The van der Waals surface area contributed by atoms with E-state index in [4.69, 9.17) is 0 Å². The summed E-state index contributed by atoms with van der Waals surface area (Å²) >= 11 is 1.41. The number of fused-ring (bicyclic) bond motifs is 1. The van der Waals surface area contributed by atoms with Crippen molar-refractivity contribution in [1.82, 2.24) is 24.1 Å². The molecule has 0 fully saturated rings. The van der Waals surface area contributed by atoms with Gasteiger partial charge in [-0.15, -0.1) is 10.2 Å². The van der Waals surface area contributed by atoms with E-state index in [1.54, 1.807) is 0 Å². The Morgan fingerprint density at radius 2 is 1.88 bits per heavy atom. The van der Waals surface area contributed by atoms with Gasteiger partial charge in [-0.2, -0.15) is 0 Å². The predicted octanol–water partition coefficient (Wildman–Crippen LogP) is 3.54. The summed E-state index contributed by atoms with van der Waals surface area (Å²) < 4.78 is 4.10. The van der Waals surface area contributed by atoms with E-state index in [9.17, 15) is 4.79 Å². The lowest BCUT2D eigenvalue weighted by Crippen LogP contribution is -2.07. The van der Waals surface area contributed by atoms with E-state index in [2.05, 4.69) is 33.6 Å². The second-order valence-corrected chi connectivity index (χ2v) is 7.25. The molecule has 0 unspecified atom stereocenters. The standard InChI is InChI=1S/C18H23N5OS/c1-6-7-22-12(3)9-15(14(22)5)16(24)10-25-18-21-20-17-19-11(2)8-13(4)23(17)18/h8-9H,6-7,10H2,1-5H3. The van der Waals surface area contributed by atoms with E-state index in [0.29, 0.717) is 16.7 Å². The molecular weight excluding hydrogens is 334 g/mol. The fourth-order valence-electron chi connectivity index (χ4n) is 3.15. The van der Waals surface area contributed by atoms with Gasteiger partial charge in [0.1, 0.15) is 0 Å². The quantitative estimate of drug-likeness (QED) is 0.499. The van der Waals surface area contributed by atoms with Crippen molar-refractivity contribution in [1.29, 1.82) is 0 Å². The van der Waals surface area contributed by atoms with E-state index >= 15 is 0 Å². The second-order valence-electron chi connectivity index (χ2n) is 6.31. The highest BCUT2D eigenvalue weighted by Crippen LogP contribution is 2.22. The van der Waals surface area contributed by atoms with Crippen LogP contribution in [0, 0.1) is 27.7 Å². The van der Waals surface area contributed by atoms with Crippen LogP contribution in [0.4, 0.5) is 0 Å². The molecule has 0 aromatic carbocycles. The third-order valence-corrected chi connectivity index (χ3v) is 5.25. The fraction of sp³-hybridized carbons (Fsp3) is 0.444. The van der Waals surface area contributed by atoms with Gasteiger partial charge in [-0.05, 0) is 46.2 Å². The summed E-state index contributed by atoms with van der Waals surface area (Å²) in [6, 6.07) is 3.98. The van der Waals surface area contributed by atoms with Gasteiger partial charge in [0.05, 0.1) is 5.75 Å². The lowest BCUT2D eigenvalue weighted by atomic mass is 10.2. The van der Waals surface area contributed by atoms with Crippen LogP contribution >= 0.6 is 11.8 Å². The molecule has 0 aliphatic heterocycles. The molecule has 3 aromatic heterocycles. The third kappa shape index (κ3) is 3.33. The van der Waals surface area contributed by atoms with Gasteiger partial charge in [-0.3, -0.25) is 9.20 Å². The Kier molecular flexibility index (Phi) is 4.94. The maximum atomic E-state index is 12.7. The van der Waals surface area contributed by atoms with Crippen molar-refractivity contribution in [2.24, 2.45) is 0 Å². The minimum atomic E-state index is 0.120. The lowest BCUT2D eigenvalue weighted by molar-refractivity contribution is 0.102.